The molecule has 116 valence electrons. The second-order valence-electron chi connectivity index (χ2n) is 4.58. The maximum absolute atomic E-state index is 11.8. The van der Waals surface area contributed by atoms with Crippen molar-refractivity contribution < 1.29 is 22.7 Å². The molecule has 1 aromatic rings. The molecule has 0 saturated carbocycles. The van der Waals surface area contributed by atoms with E-state index < -0.39 is 27.8 Å². The van der Waals surface area contributed by atoms with E-state index in [1.807, 2.05) is 0 Å². The van der Waals surface area contributed by atoms with Gasteiger partial charge in [0.2, 0.25) is 5.91 Å². The van der Waals surface area contributed by atoms with E-state index in [0.717, 1.165) is 6.26 Å². The minimum Gasteiger partial charge on any atom is -0.465 e. The number of methoxy groups -OCH3 is 1. The first-order chi connectivity index (χ1) is 9.73. The number of esters is 1. The van der Waals surface area contributed by atoms with Crippen molar-refractivity contribution in [2.75, 3.05) is 24.4 Å². The topological polar surface area (TPSA) is 116 Å². The molecule has 1 atom stereocenters. The highest BCUT2D eigenvalue weighted by atomic mass is 32.2. The first kappa shape index (κ1) is 17.1. The van der Waals surface area contributed by atoms with Crippen LogP contribution in [0.15, 0.2) is 24.3 Å². The lowest BCUT2D eigenvalue weighted by molar-refractivity contribution is -0.117. The van der Waals surface area contributed by atoms with Gasteiger partial charge in [-0.05, 0) is 30.7 Å². The number of sulfone groups is 1. The van der Waals surface area contributed by atoms with Crippen molar-refractivity contribution in [1.82, 2.24) is 0 Å². The van der Waals surface area contributed by atoms with Crippen molar-refractivity contribution >= 4 is 27.4 Å². The lowest BCUT2D eigenvalue weighted by Gasteiger charge is -2.12. The number of anilines is 1. The van der Waals surface area contributed by atoms with Gasteiger partial charge in [0.05, 0.1) is 24.5 Å². The summed E-state index contributed by atoms with van der Waals surface area (Å²) in [6.07, 6.45) is 1.13. The second-order valence-corrected chi connectivity index (χ2v) is 6.84. The van der Waals surface area contributed by atoms with Crippen molar-refractivity contribution in [3.8, 4) is 0 Å². The lowest BCUT2D eigenvalue weighted by Crippen LogP contribution is -2.37. The summed E-state index contributed by atoms with van der Waals surface area (Å²) in [6.45, 7) is 0. The summed E-state index contributed by atoms with van der Waals surface area (Å²) < 4.78 is 26.6. The predicted octanol–water partition coefficient (Wildman–Crippen LogP) is 0.174. The fraction of sp³-hybridized carbons (Fsp3) is 0.385. The fourth-order valence-electron chi connectivity index (χ4n) is 1.51. The summed E-state index contributed by atoms with van der Waals surface area (Å²) in [6, 6.07) is 5.16. The number of benzene rings is 1. The van der Waals surface area contributed by atoms with Crippen LogP contribution >= 0.6 is 0 Å². The Kier molecular flexibility index (Phi) is 5.86. The number of hydrogen-bond acceptors (Lipinski definition) is 6. The van der Waals surface area contributed by atoms with Crippen LogP contribution in [0.1, 0.15) is 16.8 Å². The first-order valence-corrected chi connectivity index (χ1v) is 8.21. The average Bonchev–Trinajstić information content (AvgIpc) is 2.43. The van der Waals surface area contributed by atoms with Crippen LogP contribution in [0, 0.1) is 0 Å². The number of nitrogens with two attached hydrogens (primary N) is 1. The normalized spacial score (nSPS) is 12.5. The summed E-state index contributed by atoms with van der Waals surface area (Å²) in [5.74, 6) is -1.11. The minimum absolute atomic E-state index is 0.0465. The molecule has 1 amide bonds. The van der Waals surface area contributed by atoms with Crippen LogP contribution in [-0.4, -0.2) is 45.5 Å². The molecule has 0 heterocycles. The highest BCUT2D eigenvalue weighted by Crippen LogP contribution is 2.11. The molecule has 7 nitrogen and oxygen atoms in total. The van der Waals surface area contributed by atoms with E-state index in [9.17, 15) is 18.0 Å². The largest absolute Gasteiger partial charge is 0.465 e. The van der Waals surface area contributed by atoms with Crippen molar-refractivity contribution in [2.24, 2.45) is 5.73 Å². The van der Waals surface area contributed by atoms with Crippen molar-refractivity contribution in [3.63, 3.8) is 0 Å². The quantitative estimate of drug-likeness (QED) is 0.723. The van der Waals surface area contributed by atoms with E-state index in [4.69, 9.17) is 5.73 Å². The third-order valence-electron chi connectivity index (χ3n) is 2.71. The molecule has 0 aromatic heterocycles. The highest BCUT2D eigenvalue weighted by molar-refractivity contribution is 7.90. The third-order valence-corrected chi connectivity index (χ3v) is 3.69. The van der Waals surface area contributed by atoms with Crippen LogP contribution in [0.5, 0.6) is 0 Å². The van der Waals surface area contributed by atoms with Gasteiger partial charge in [-0.1, -0.05) is 0 Å². The van der Waals surface area contributed by atoms with Crippen molar-refractivity contribution in [3.05, 3.63) is 29.8 Å². The van der Waals surface area contributed by atoms with Crippen LogP contribution in [0.4, 0.5) is 5.69 Å². The van der Waals surface area contributed by atoms with E-state index in [1.54, 1.807) is 0 Å². The smallest absolute Gasteiger partial charge is 0.337 e. The van der Waals surface area contributed by atoms with E-state index in [-0.39, 0.29) is 12.2 Å². The van der Waals surface area contributed by atoms with Gasteiger partial charge in [-0.2, -0.15) is 0 Å². The van der Waals surface area contributed by atoms with Gasteiger partial charge in [0.25, 0.3) is 0 Å². The first-order valence-electron chi connectivity index (χ1n) is 6.15. The number of amides is 1. The average molecular weight is 314 g/mol. The van der Waals surface area contributed by atoms with Gasteiger partial charge in [0.1, 0.15) is 9.84 Å². The molecule has 0 saturated heterocycles. The molecule has 0 bridgehead atoms. The van der Waals surface area contributed by atoms with Crippen molar-refractivity contribution in [2.45, 2.75) is 12.5 Å². The maximum Gasteiger partial charge on any atom is 0.337 e. The van der Waals surface area contributed by atoms with E-state index in [0.29, 0.717) is 11.3 Å². The number of hydrogen-bond donors (Lipinski definition) is 2. The summed E-state index contributed by atoms with van der Waals surface area (Å²) >= 11 is 0. The molecule has 1 aromatic carbocycles. The summed E-state index contributed by atoms with van der Waals surface area (Å²) in [5.41, 5.74) is 6.44. The molecule has 21 heavy (non-hydrogen) atoms. The van der Waals surface area contributed by atoms with Crippen LogP contribution < -0.4 is 11.1 Å². The summed E-state index contributed by atoms with van der Waals surface area (Å²) in [4.78, 5) is 23.0. The van der Waals surface area contributed by atoms with Crippen LogP contribution in [0.2, 0.25) is 0 Å². The molecular formula is C13H18N2O5S. The zero-order valence-electron chi connectivity index (χ0n) is 11.8. The second kappa shape index (κ2) is 7.19. The van der Waals surface area contributed by atoms with Gasteiger partial charge >= 0.3 is 5.97 Å². The molecule has 0 aliphatic rings. The van der Waals surface area contributed by atoms with Crippen LogP contribution in [0.25, 0.3) is 0 Å². The number of ether oxygens (including phenoxy) is 1. The third kappa shape index (κ3) is 5.92. The van der Waals surface area contributed by atoms with Crippen LogP contribution in [-0.2, 0) is 19.4 Å². The Balaban J connectivity index is 2.60. The van der Waals surface area contributed by atoms with Crippen LogP contribution in [0.3, 0.4) is 0 Å². The Hall–Kier alpha value is -1.93. The van der Waals surface area contributed by atoms with Crippen molar-refractivity contribution in [1.29, 1.82) is 0 Å². The zero-order chi connectivity index (χ0) is 16.0. The molecule has 0 aliphatic heterocycles. The number of rotatable bonds is 6. The SMILES string of the molecule is COC(=O)c1ccc(NC(=O)C(N)CCS(C)(=O)=O)cc1. The Morgan fingerprint density at radius 1 is 1.29 bits per heavy atom. The van der Waals surface area contributed by atoms with Gasteiger partial charge < -0.3 is 15.8 Å². The number of carbonyl (C=O) groups is 2. The van der Waals surface area contributed by atoms with Gasteiger partial charge in [0, 0.05) is 11.9 Å². The standard InChI is InChI=1S/C13H18N2O5S/c1-20-13(17)9-3-5-10(6-4-9)15-12(16)11(14)7-8-21(2,18)19/h3-6,11H,7-8,14H2,1-2H3,(H,15,16). The van der Waals surface area contributed by atoms with Gasteiger partial charge in [-0.25, -0.2) is 13.2 Å². The Morgan fingerprint density at radius 3 is 2.33 bits per heavy atom. The van der Waals surface area contributed by atoms with Gasteiger partial charge in [-0.3, -0.25) is 4.79 Å². The van der Waals surface area contributed by atoms with E-state index in [2.05, 4.69) is 10.1 Å². The lowest BCUT2D eigenvalue weighted by atomic mass is 10.2. The molecule has 0 aliphatic carbocycles. The number of carbonyl (C=O) groups excluding carboxylic acids is 2. The molecule has 0 radical (unpaired) electrons. The molecule has 1 unspecified atom stereocenters. The maximum atomic E-state index is 11.8. The Labute approximate surface area is 123 Å². The number of nitrogens with one attached hydrogen (secondary N) is 1. The van der Waals surface area contributed by atoms with E-state index in [1.165, 1.54) is 31.4 Å². The van der Waals surface area contributed by atoms with E-state index >= 15 is 0 Å². The van der Waals surface area contributed by atoms with Gasteiger partial charge in [0.15, 0.2) is 0 Å². The van der Waals surface area contributed by atoms with Gasteiger partial charge in [-0.15, -0.1) is 0 Å². The zero-order valence-corrected chi connectivity index (χ0v) is 12.6. The Morgan fingerprint density at radius 2 is 1.86 bits per heavy atom. The molecular weight excluding hydrogens is 296 g/mol. The molecule has 0 fully saturated rings. The summed E-state index contributed by atoms with van der Waals surface area (Å²) in [7, 11) is -1.88. The summed E-state index contributed by atoms with van der Waals surface area (Å²) in [5, 5.41) is 2.55. The predicted molar refractivity (Wildman–Crippen MR) is 78.7 cm³/mol. The molecule has 1 rings (SSSR count). The Bertz CT molecular complexity index is 610. The fourth-order valence-corrected chi connectivity index (χ4v) is 2.20. The molecule has 0 spiro atoms. The minimum atomic E-state index is -3.16. The monoisotopic (exact) mass is 314 g/mol. The molecule has 3 N–H and O–H groups in total. The highest BCUT2D eigenvalue weighted by Gasteiger charge is 2.16. The molecule has 8 heteroatoms.